The fraction of sp³-hybridized carbons (Fsp3) is 0.385. The van der Waals surface area contributed by atoms with Gasteiger partial charge < -0.3 is 4.90 Å². The SMILES string of the molecule is O=C(C[NH+]1CCSCC1)N/N=C\c1ccc(F)cc1. The van der Waals surface area contributed by atoms with Crippen molar-refractivity contribution in [1.82, 2.24) is 5.43 Å². The van der Waals surface area contributed by atoms with Gasteiger partial charge in [-0.15, -0.1) is 0 Å². The van der Waals surface area contributed by atoms with Crippen molar-refractivity contribution in [3.63, 3.8) is 0 Å². The third kappa shape index (κ3) is 5.00. The van der Waals surface area contributed by atoms with E-state index < -0.39 is 0 Å². The number of halogens is 1. The highest BCUT2D eigenvalue weighted by molar-refractivity contribution is 7.99. The van der Waals surface area contributed by atoms with Crippen molar-refractivity contribution < 1.29 is 14.1 Å². The summed E-state index contributed by atoms with van der Waals surface area (Å²) in [7, 11) is 0. The van der Waals surface area contributed by atoms with Gasteiger partial charge >= 0.3 is 0 Å². The van der Waals surface area contributed by atoms with Gasteiger partial charge in [-0.3, -0.25) is 4.79 Å². The molecule has 1 fully saturated rings. The highest BCUT2D eigenvalue weighted by Gasteiger charge is 2.16. The molecule has 19 heavy (non-hydrogen) atoms. The number of hydrogen-bond donors (Lipinski definition) is 2. The first kappa shape index (κ1) is 14.0. The number of nitrogens with one attached hydrogen (secondary N) is 2. The van der Waals surface area contributed by atoms with E-state index in [9.17, 15) is 9.18 Å². The molecule has 0 radical (unpaired) electrons. The predicted octanol–water partition coefficient (Wildman–Crippen LogP) is -0.0925. The van der Waals surface area contributed by atoms with Crippen molar-refractivity contribution in [2.75, 3.05) is 31.1 Å². The maximum Gasteiger partial charge on any atom is 0.295 e. The first-order chi connectivity index (χ1) is 9.24. The molecule has 4 nitrogen and oxygen atoms in total. The van der Waals surface area contributed by atoms with Crippen LogP contribution < -0.4 is 10.3 Å². The third-order valence-electron chi connectivity index (χ3n) is 2.88. The summed E-state index contributed by atoms with van der Waals surface area (Å²) in [5.41, 5.74) is 3.26. The molecule has 1 saturated heterocycles. The fourth-order valence-corrected chi connectivity index (χ4v) is 2.90. The quantitative estimate of drug-likeness (QED) is 0.599. The van der Waals surface area contributed by atoms with E-state index in [0.717, 1.165) is 30.2 Å². The number of thioether (sulfide) groups is 1. The fourth-order valence-electron chi connectivity index (χ4n) is 1.83. The van der Waals surface area contributed by atoms with Crippen LogP contribution in [0.1, 0.15) is 5.56 Å². The molecule has 6 heteroatoms. The van der Waals surface area contributed by atoms with E-state index in [2.05, 4.69) is 10.5 Å². The largest absolute Gasteiger partial charge is 0.326 e. The van der Waals surface area contributed by atoms with E-state index >= 15 is 0 Å². The second-order valence-corrected chi connectivity index (χ2v) is 5.61. The molecule has 1 amide bonds. The molecule has 0 atom stereocenters. The number of hydrazone groups is 1. The van der Waals surface area contributed by atoms with Gasteiger partial charge in [-0.25, -0.2) is 9.82 Å². The Morgan fingerprint density at radius 2 is 2.05 bits per heavy atom. The van der Waals surface area contributed by atoms with E-state index in [1.807, 2.05) is 11.8 Å². The first-order valence-electron chi connectivity index (χ1n) is 6.23. The van der Waals surface area contributed by atoms with Crippen LogP contribution >= 0.6 is 11.8 Å². The van der Waals surface area contributed by atoms with E-state index in [1.54, 1.807) is 12.1 Å². The zero-order valence-electron chi connectivity index (χ0n) is 10.6. The smallest absolute Gasteiger partial charge is 0.295 e. The highest BCUT2D eigenvalue weighted by atomic mass is 32.2. The normalized spacial score (nSPS) is 16.7. The Balaban J connectivity index is 1.74. The van der Waals surface area contributed by atoms with Crippen LogP contribution in [0.3, 0.4) is 0 Å². The van der Waals surface area contributed by atoms with Crippen molar-refractivity contribution >= 4 is 23.9 Å². The Bertz CT molecular complexity index is 444. The molecule has 0 spiro atoms. The minimum absolute atomic E-state index is 0.0831. The summed E-state index contributed by atoms with van der Waals surface area (Å²) in [6.07, 6.45) is 1.51. The number of benzene rings is 1. The van der Waals surface area contributed by atoms with Gasteiger partial charge in [-0.2, -0.15) is 16.9 Å². The van der Waals surface area contributed by atoms with Crippen LogP contribution in [0, 0.1) is 5.82 Å². The van der Waals surface area contributed by atoms with Gasteiger partial charge in [0.25, 0.3) is 5.91 Å². The first-order valence-corrected chi connectivity index (χ1v) is 7.38. The average Bonchev–Trinajstić information content (AvgIpc) is 2.42. The Labute approximate surface area is 116 Å². The number of rotatable bonds is 4. The van der Waals surface area contributed by atoms with Crippen molar-refractivity contribution in [2.24, 2.45) is 5.10 Å². The lowest BCUT2D eigenvalue weighted by molar-refractivity contribution is -0.888. The summed E-state index contributed by atoms with van der Waals surface area (Å²) in [4.78, 5) is 12.9. The summed E-state index contributed by atoms with van der Waals surface area (Å²) in [5, 5.41) is 3.87. The van der Waals surface area contributed by atoms with Crippen LogP contribution in [0.4, 0.5) is 4.39 Å². The molecule has 1 aliphatic rings. The molecule has 0 unspecified atom stereocenters. The summed E-state index contributed by atoms with van der Waals surface area (Å²) >= 11 is 1.93. The van der Waals surface area contributed by atoms with E-state index in [4.69, 9.17) is 0 Å². The van der Waals surface area contributed by atoms with Crippen molar-refractivity contribution in [2.45, 2.75) is 0 Å². The zero-order valence-corrected chi connectivity index (χ0v) is 11.4. The molecule has 0 aliphatic carbocycles. The van der Waals surface area contributed by atoms with Crippen molar-refractivity contribution in [1.29, 1.82) is 0 Å². The maximum absolute atomic E-state index is 12.7. The van der Waals surface area contributed by atoms with Crippen LogP contribution in [-0.4, -0.2) is 43.3 Å². The number of nitrogens with zero attached hydrogens (tertiary/aromatic N) is 1. The van der Waals surface area contributed by atoms with Crippen molar-refractivity contribution in [3.05, 3.63) is 35.6 Å². The Kier molecular flexibility index (Phi) is 5.35. The second-order valence-electron chi connectivity index (χ2n) is 4.38. The summed E-state index contributed by atoms with van der Waals surface area (Å²) in [6.45, 7) is 2.51. The summed E-state index contributed by atoms with van der Waals surface area (Å²) < 4.78 is 12.7. The Morgan fingerprint density at radius 1 is 1.37 bits per heavy atom. The molecule has 1 heterocycles. The van der Waals surface area contributed by atoms with Crippen LogP contribution in [0.5, 0.6) is 0 Å². The van der Waals surface area contributed by atoms with Gasteiger partial charge in [0.1, 0.15) is 5.82 Å². The molecule has 102 valence electrons. The van der Waals surface area contributed by atoms with Gasteiger partial charge in [0.05, 0.1) is 19.3 Å². The molecular formula is C13H17FN3OS+. The topological polar surface area (TPSA) is 45.9 Å². The van der Waals surface area contributed by atoms with Crippen LogP contribution in [0.2, 0.25) is 0 Å². The minimum Gasteiger partial charge on any atom is -0.326 e. The maximum atomic E-state index is 12.7. The molecule has 0 aromatic heterocycles. The van der Waals surface area contributed by atoms with Crippen LogP contribution in [0.25, 0.3) is 0 Å². The number of amides is 1. The van der Waals surface area contributed by atoms with Crippen molar-refractivity contribution in [3.8, 4) is 0 Å². The molecule has 2 rings (SSSR count). The van der Waals surface area contributed by atoms with Gasteiger partial charge in [-0.05, 0) is 17.7 Å². The average molecular weight is 282 g/mol. The van der Waals surface area contributed by atoms with Gasteiger partial charge in [-0.1, -0.05) is 12.1 Å². The number of quaternary nitrogens is 1. The number of hydrogen-bond acceptors (Lipinski definition) is 3. The van der Waals surface area contributed by atoms with Gasteiger partial charge in [0, 0.05) is 11.5 Å². The molecule has 2 N–H and O–H groups in total. The van der Waals surface area contributed by atoms with Crippen LogP contribution in [-0.2, 0) is 4.79 Å². The van der Waals surface area contributed by atoms with E-state index in [0.29, 0.717) is 6.54 Å². The molecule has 1 aromatic rings. The monoisotopic (exact) mass is 282 g/mol. The molecule has 0 saturated carbocycles. The Morgan fingerprint density at radius 3 is 2.74 bits per heavy atom. The summed E-state index contributed by atoms with van der Waals surface area (Å²) in [5.74, 6) is 1.86. The summed E-state index contributed by atoms with van der Waals surface area (Å²) in [6, 6.07) is 5.94. The third-order valence-corrected chi connectivity index (χ3v) is 3.87. The second kappa shape index (κ2) is 7.25. The molecule has 1 aliphatic heterocycles. The van der Waals surface area contributed by atoms with E-state index in [1.165, 1.54) is 23.2 Å². The lowest BCUT2D eigenvalue weighted by Crippen LogP contribution is -3.14. The molecule has 1 aromatic carbocycles. The van der Waals surface area contributed by atoms with Gasteiger partial charge in [0.15, 0.2) is 6.54 Å². The Hall–Kier alpha value is -1.40. The van der Waals surface area contributed by atoms with Crippen LogP contribution in [0.15, 0.2) is 29.4 Å². The lowest BCUT2D eigenvalue weighted by Gasteiger charge is -2.21. The minimum atomic E-state index is -0.284. The number of carbonyl (C=O) groups is 1. The molecule has 0 bridgehead atoms. The zero-order chi connectivity index (χ0) is 13.5. The standard InChI is InChI=1S/C13H16FN3OS/c14-12-3-1-11(2-4-12)9-15-16-13(18)10-17-5-7-19-8-6-17/h1-4,9H,5-8,10H2,(H,16,18)/p+1/b15-9-. The molecular weight excluding hydrogens is 265 g/mol. The predicted molar refractivity (Wildman–Crippen MR) is 75.0 cm³/mol. The van der Waals surface area contributed by atoms with E-state index in [-0.39, 0.29) is 11.7 Å². The highest BCUT2D eigenvalue weighted by Crippen LogP contribution is 1.99. The lowest BCUT2D eigenvalue weighted by atomic mass is 10.2. The number of carbonyl (C=O) groups excluding carboxylic acids is 1. The van der Waals surface area contributed by atoms with Gasteiger partial charge in [0.2, 0.25) is 0 Å².